The van der Waals surface area contributed by atoms with Gasteiger partial charge in [0.15, 0.2) is 5.82 Å². The standard InChI is InChI=1S/C21H25F2N3O3.ClH/c1-2-6-24-9-12-5-7-25(10-12)19-16(22)8-14-18(17(19)23)26(13-3-4-13)11-15(20(14)27)21(28)29;/h8,11-13,24H,2-7,9-10H2,1H3,(H,28,29);1H. The summed E-state index contributed by atoms with van der Waals surface area (Å²) in [5, 5.41) is 12.5. The molecule has 30 heavy (non-hydrogen) atoms. The number of halogens is 3. The SMILES string of the molecule is CCCNCC1CCN(c2c(F)cc3c(=O)c(C(=O)O)cn(C4CC4)c3c2F)C1.Cl. The molecule has 0 radical (unpaired) electrons. The summed E-state index contributed by atoms with van der Waals surface area (Å²) in [6.45, 7) is 4.88. The van der Waals surface area contributed by atoms with E-state index in [4.69, 9.17) is 0 Å². The number of fused-ring (bicyclic) bond motifs is 1. The normalized spacial score (nSPS) is 18.6. The van der Waals surface area contributed by atoms with Crippen molar-refractivity contribution in [2.75, 3.05) is 31.1 Å². The van der Waals surface area contributed by atoms with Gasteiger partial charge in [-0.05, 0) is 50.8 Å². The number of anilines is 1. The van der Waals surface area contributed by atoms with Crippen molar-refractivity contribution >= 4 is 35.0 Å². The number of carboxylic acid groups (broad SMARTS) is 1. The van der Waals surface area contributed by atoms with Crippen LogP contribution in [0.4, 0.5) is 14.5 Å². The first-order valence-corrected chi connectivity index (χ1v) is 10.2. The lowest BCUT2D eigenvalue weighted by atomic mass is 10.1. The Bertz CT molecular complexity index is 1020. The van der Waals surface area contributed by atoms with Crippen molar-refractivity contribution in [3.8, 4) is 0 Å². The highest BCUT2D eigenvalue weighted by atomic mass is 35.5. The molecule has 2 fully saturated rings. The summed E-state index contributed by atoms with van der Waals surface area (Å²) in [5.41, 5.74) is -1.42. The lowest BCUT2D eigenvalue weighted by Gasteiger charge is -2.22. The molecular weight excluding hydrogens is 416 g/mol. The minimum absolute atomic E-state index is 0. The molecule has 1 saturated carbocycles. The third kappa shape index (κ3) is 4.03. The Kier molecular flexibility index (Phi) is 6.67. The molecule has 2 heterocycles. The fourth-order valence-corrected chi connectivity index (χ4v) is 4.20. The Morgan fingerprint density at radius 1 is 1.30 bits per heavy atom. The minimum Gasteiger partial charge on any atom is -0.477 e. The van der Waals surface area contributed by atoms with Crippen LogP contribution in [0.1, 0.15) is 49.0 Å². The highest BCUT2D eigenvalue weighted by molar-refractivity contribution is 5.94. The van der Waals surface area contributed by atoms with Crippen LogP contribution in [0.25, 0.3) is 10.9 Å². The van der Waals surface area contributed by atoms with Gasteiger partial charge in [0.05, 0.1) is 10.9 Å². The Morgan fingerprint density at radius 3 is 2.67 bits per heavy atom. The Morgan fingerprint density at radius 2 is 2.03 bits per heavy atom. The quantitative estimate of drug-likeness (QED) is 0.643. The fraction of sp³-hybridized carbons (Fsp3) is 0.524. The molecule has 2 aromatic rings. The van der Waals surface area contributed by atoms with E-state index in [0.717, 1.165) is 44.8 Å². The number of aromatic carboxylic acids is 1. The van der Waals surface area contributed by atoms with Crippen LogP contribution in [0.2, 0.25) is 0 Å². The van der Waals surface area contributed by atoms with E-state index in [1.54, 1.807) is 4.90 Å². The second-order valence-electron chi connectivity index (χ2n) is 8.04. The lowest BCUT2D eigenvalue weighted by molar-refractivity contribution is 0.0694. The van der Waals surface area contributed by atoms with Gasteiger partial charge in [0.2, 0.25) is 5.43 Å². The number of nitrogens with zero attached hydrogens (tertiary/aromatic N) is 2. The summed E-state index contributed by atoms with van der Waals surface area (Å²) in [4.78, 5) is 25.7. The maximum atomic E-state index is 15.6. The maximum Gasteiger partial charge on any atom is 0.341 e. The second-order valence-corrected chi connectivity index (χ2v) is 8.04. The molecule has 0 spiro atoms. The third-order valence-corrected chi connectivity index (χ3v) is 5.82. The van der Waals surface area contributed by atoms with E-state index in [-0.39, 0.29) is 35.0 Å². The Balaban J connectivity index is 0.00000256. The van der Waals surface area contributed by atoms with Crippen LogP contribution in [0.15, 0.2) is 17.1 Å². The summed E-state index contributed by atoms with van der Waals surface area (Å²) >= 11 is 0. The van der Waals surface area contributed by atoms with Crippen molar-refractivity contribution in [2.45, 2.75) is 38.6 Å². The summed E-state index contributed by atoms with van der Waals surface area (Å²) in [5.74, 6) is -2.68. The lowest BCUT2D eigenvalue weighted by Crippen LogP contribution is -2.28. The molecule has 6 nitrogen and oxygen atoms in total. The molecule has 2 aliphatic rings. The van der Waals surface area contributed by atoms with E-state index in [9.17, 15) is 19.1 Å². The summed E-state index contributed by atoms with van der Waals surface area (Å²) in [6.07, 6.45) is 4.62. The van der Waals surface area contributed by atoms with Gasteiger partial charge in [-0.25, -0.2) is 13.6 Å². The Hall–Kier alpha value is -2.19. The molecule has 164 valence electrons. The molecule has 1 aromatic heterocycles. The molecule has 1 saturated heterocycles. The zero-order valence-corrected chi connectivity index (χ0v) is 17.6. The van der Waals surface area contributed by atoms with Crippen molar-refractivity contribution in [3.63, 3.8) is 0 Å². The topological polar surface area (TPSA) is 74.6 Å². The van der Waals surface area contributed by atoms with Crippen LogP contribution in [-0.4, -0.2) is 41.8 Å². The number of hydrogen-bond acceptors (Lipinski definition) is 4. The van der Waals surface area contributed by atoms with Gasteiger partial charge in [0, 0.05) is 25.3 Å². The van der Waals surface area contributed by atoms with Crippen molar-refractivity contribution in [3.05, 3.63) is 39.7 Å². The van der Waals surface area contributed by atoms with Crippen molar-refractivity contribution in [1.82, 2.24) is 9.88 Å². The van der Waals surface area contributed by atoms with E-state index in [1.807, 2.05) is 0 Å². The van der Waals surface area contributed by atoms with E-state index >= 15 is 4.39 Å². The van der Waals surface area contributed by atoms with Gasteiger partial charge in [-0.2, -0.15) is 0 Å². The molecule has 1 unspecified atom stereocenters. The second kappa shape index (κ2) is 8.89. The van der Waals surface area contributed by atoms with Crippen LogP contribution >= 0.6 is 12.4 Å². The first kappa shape index (κ1) is 22.5. The van der Waals surface area contributed by atoms with Crippen molar-refractivity contribution < 1.29 is 18.7 Å². The minimum atomic E-state index is -1.39. The van der Waals surface area contributed by atoms with E-state index < -0.39 is 28.6 Å². The number of rotatable bonds is 7. The number of aromatic nitrogens is 1. The molecular formula is C21H26ClF2N3O3. The predicted octanol–water partition coefficient (Wildman–Crippen LogP) is 3.56. The van der Waals surface area contributed by atoms with Gasteiger partial charge in [-0.3, -0.25) is 4.79 Å². The summed E-state index contributed by atoms with van der Waals surface area (Å²) < 4.78 is 32.0. The van der Waals surface area contributed by atoms with Crippen LogP contribution < -0.4 is 15.6 Å². The smallest absolute Gasteiger partial charge is 0.341 e. The van der Waals surface area contributed by atoms with Crippen LogP contribution in [0, 0.1) is 17.6 Å². The molecule has 4 rings (SSSR count). The summed E-state index contributed by atoms with van der Waals surface area (Å²) in [7, 11) is 0. The Labute approximate surface area is 179 Å². The molecule has 1 atom stereocenters. The molecule has 1 aliphatic carbocycles. The monoisotopic (exact) mass is 441 g/mol. The number of carbonyl (C=O) groups is 1. The first-order valence-electron chi connectivity index (χ1n) is 10.2. The van der Waals surface area contributed by atoms with Gasteiger partial charge < -0.3 is 19.9 Å². The number of pyridine rings is 1. The van der Waals surface area contributed by atoms with Crippen molar-refractivity contribution in [1.29, 1.82) is 0 Å². The average Bonchev–Trinajstić information content (AvgIpc) is 3.42. The zero-order valence-electron chi connectivity index (χ0n) is 16.8. The first-order chi connectivity index (χ1) is 13.9. The van der Waals surface area contributed by atoms with E-state index in [1.165, 1.54) is 10.8 Å². The molecule has 0 amide bonds. The molecule has 9 heteroatoms. The van der Waals surface area contributed by atoms with E-state index in [0.29, 0.717) is 19.0 Å². The average molecular weight is 442 g/mol. The molecule has 1 aliphatic heterocycles. The van der Waals surface area contributed by atoms with Gasteiger partial charge >= 0.3 is 5.97 Å². The van der Waals surface area contributed by atoms with E-state index in [2.05, 4.69) is 12.2 Å². The van der Waals surface area contributed by atoms with Crippen LogP contribution in [-0.2, 0) is 0 Å². The van der Waals surface area contributed by atoms with Crippen LogP contribution in [0.5, 0.6) is 0 Å². The number of nitrogens with one attached hydrogen (secondary N) is 1. The maximum absolute atomic E-state index is 15.6. The molecule has 1 aromatic carbocycles. The predicted molar refractivity (Wildman–Crippen MR) is 114 cm³/mol. The van der Waals surface area contributed by atoms with Crippen molar-refractivity contribution in [2.24, 2.45) is 5.92 Å². The van der Waals surface area contributed by atoms with Gasteiger partial charge in [0.1, 0.15) is 17.1 Å². The molecule has 0 bridgehead atoms. The van der Waals surface area contributed by atoms with Gasteiger partial charge in [0.25, 0.3) is 0 Å². The molecule has 2 N–H and O–H groups in total. The fourth-order valence-electron chi connectivity index (χ4n) is 4.20. The van der Waals surface area contributed by atoms with Gasteiger partial charge in [-0.1, -0.05) is 6.92 Å². The summed E-state index contributed by atoms with van der Waals surface area (Å²) in [6, 6.07) is 0.943. The third-order valence-electron chi connectivity index (χ3n) is 5.82. The number of carboxylic acids is 1. The zero-order chi connectivity index (χ0) is 20.7. The number of benzene rings is 1. The highest BCUT2D eigenvalue weighted by Gasteiger charge is 2.32. The van der Waals surface area contributed by atoms with Crippen LogP contribution in [0.3, 0.4) is 0 Å². The number of hydrogen-bond donors (Lipinski definition) is 2. The highest BCUT2D eigenvalue weighted by Crippen LogP contribution is 2.40. The largest absolute Gasteiger partial charge is 0.477 e. The van der Waals surface area contributed by atoms with Gasteiger partial charge in [-0.15, -0.1) is 12.4 Å².